The zero-order valence-electron chi connectivity index (χ0n) is 9.93. The van der Waals surface area contributed by atoms with E-state index in [4.69, 9.17) is 9.94 Å². The number of nitrogens with zero attached hydrogens (tertiary/aromatic N) is 1. The minimum absolute atomic E-state index is 0.249. The first-order chi connectivity index (χ1) is 8.13. The fraction of sp³-hybridized carbons (Fsp3) is 0.417. The zero-order chi connectivity index (χ0) is 12.4. The number of carbonyl (C=O) groups excluding carboxylic acids is 1. The summed E-state index contributed by atoms with van der Waals surface area (Å²) in [4.78, 5) is 13.5. The van der Waals surface area contributed by atoms with E-state index in [1.807, 2.05) is 13.1 Å². The molecule has 1 aliphatic rings. The van der Waals surface area contributed by atoms with Crippen molar-refractivity contribution < 1.29 is 14.7 Å². The molecule has 17 heavy (non-hydrogen) atoms. The predicted molar refractivity (Wildman–Crippen MR) is 62.2 cm³/mol. The van der Waals surface area contributed by atoms with Gasteiger partial charge in [-0.05, 0) is 26.1 Å². The van der Waals surface area contributed by atoms with Crippen molar-refractivity contribution in [1.29, 1.82) is 0 Å². The number of likely N-dealkylation sites (N-methyl/N-ethyl adjacent to an activating group) is 1. The van der Waals surface area contributed by atoms with E-state index in [-0.39, 0.29) is 6.04 Å². The number of amides is 1. The monoisotopic (exact) mass is 236 g/mol. The van der Waals surface area contributed by atoms with Crippen molar-refractivity contribution in [3.63, 3.8) is 0 Å². The van der Waals surface area contributed by atoms with Crippen molar-refractivity contribution in [2.45, 2.75) is 13.0 Å². The van der Waals surface area contributed by atoms with Gasteiger partial charge in [0.25, 0.3) is 5.91 Å². The summed E-state index contributed by atoms with van der Waals surface area (Å²) in [6, 6.07) is 5.46. The number of hydrogen-bond acceptors (Lipinski definition) is 4. The average Bonchev–Trinajstić information content (AvgIpc) is 2.49. The molecular formula is C12H16N2O3. The molecule has 5 nitrogen and oxygen atoms in total. The molecule has 1 heterocycles. The minimum atomic E-state index is -0.526. The van der Waals surface area contributed by atoms with E-state index in [0.29, 0.717) is 17.9 Å². The van der Waals surface area contributed by atoms with Gasteiger partial charge in [0, 0.05) is 23.7 Å². The van der Waals surface area contributed by atoms with Gasteiger partial charge in [0.05, 0.1) is 0 Å². The summed E-state index contributed by atoms with van der Waals surface area (Å²) in [5.41, 5.74) is 3.07. The van der Waals surface area contributed by atoms with Gasteiger partial charge in [0.15, 0.2) is 0 Å². The Kier molecular flexibility index (Phi) is 3.31. The molecule has 2 N–H and O–H groups in total. The van der Waals surface area contributed by atoms with Crippen LogP contribution >= 0.6 is 0 Å². The SMILES string of the molecule is CC1c2ccc(C(=O)NO)cc2OCCN1C. The van der Waals surface area contributed by atoms with Crippen LogP contribution in [0, 0.1) is 0 Å². The fourth-order valence-electron chi connectivity index (χ4n) is 1.94. The second kappa shape index (κ2) is 4.73. The van der Waals surface area contributed by atoms with Crippen LogP contribution in [-0.2, 0) is 0 Å². The van der Waals surface area contributed by atoms with Gasteiger partial charge >= 0.3 is 0 Å². The van der Waals surface area contributed by atoms with Gasteiger partial charge in [-0.3, -0.25) is 14.9 Å². The number of rotatable bonds is 1. The highest BCUT2D eigenvalue weighted by Gasteiger charge is 2.21. The Morgan fingerprint density at radius 2 is 2.35 bits per heavy atom. The second-order valence-corrected chi connectivity index (χ2v) is 4.20. The molecule has 1 atom stereocenters. The maximum Gasteiger partial charge on any atom is 0.274 e. The van der Waals surface area contributed by atoms with E-state index in [2.05, 4.69) is 11.8 Å². The van der Waals surface area contributed by atoms with Crippen molar-refractivity contribution in [3.8, 4) is 5.75 Å². The number of benzene rings is 1. The Morgan fingerprint density at radius 3 is 3.06 bits per heavy atom. The molecule has 92 valence electrons. The van der Waals surface area contributed by atoms with Crippen LogP contribution in [0.2, 0.25) is 0 Å². The lowest BCUT2D eigenvalue weighted by Crippen LogP contribution is -2.24. The van der Waals surface area contributed by atoms with Gasteiger partial charge in [-0.25, -0.2) is 5.48 Å². The molecule has 0 bridgehead atoms. The molecule has 0 saturated carbocycles. The van der Waals surface area contributed by atoms with Gasteiger partial charge in [0.2, 0.25) is 0 Å². The highest BCUT2D eigenvalue weighted by atomic mass is 16.5. The first kappa shape index (κ1) is 11.9. The van der Waals surface area contributed by atoms with E-state index in [9.17, 15) is 4.79 Å². The fourth-order valence-corrected chi connectivity index (χ4v) is 1.94. The summed E-state index contributed by atoms with van der Waals surface area (Å²) < 4.78 is 5.62. The highest BCUT2D eigenvalue weighted by Crippen LogP contribution is 2.31. The Morgan fingerprint density at radius 1 is 1.59 bits per heavy atom. The smallest absolute Gasteiger partial charge is 0.274 e. The minimum Gasteiger partial charge on any atom is -0.492 e. The molecule has 1 aliphatic heterocycles. The summed E-state index contributed by atoms with van der Waals surface area (Å²) in [6.45, 7) is 3.54. The summed E-state index contributed by atoms with van der Waals surface area (Å²) in [5.74, 6) is 0.185. The maximum absolute atomic E-state index is 11.3. The van der Waals surface area contributed by atoms with Crippen molar-refractivity contribution in [1.82, 2.24) is 10.4 Å². The molecule has 1 aromatic carbocycles. The lowest BCUT2D eigenvalue weighted by Gasteiger charge is -2.21. The van der Waals surface area contributed by atoms with Crippen LogP contribution in [0.3, 0.4) is 0 Å². The van der Waals surface area contributed by atoms with Gasteiger partial charge in [-0.2, -0.15) is 0 Å². The molecule has 2 rings (SSSR count). The third-order valence-corrected chi connectivity index (χ3v) is 3.19. The number of hydrogen-bond donors (Lipinski definition) is 2. The number of fused-ring (bicyclic) bond motifs is 1. The van der Waals surface area contributed by atoms with E-state index in [0.717, 1.165) is 12.1 Å². The molecule has 0 fully saturated rings. The Hall–Kier alpha value is -1.59. The normalized spacial score (nSPS) is 20.1. The van der Waals surface area contributed by atoms with Gasteiger partial charge in [0.1, 0.15) is 12.4 Å². The predicted octanol–water partition coefficient (Wildman–Crippen LogP) is 1.19. The number of ether oxygens (including phenoxy) is 1. The Bertz CT molecular complexity index is 434. The topological polar surface area (TPSA) is 61.8 Å². The Labute approximate surface area is 99.9 Å². The molecule has 0 spiro atoms. The van der Waals surface area contributed by atoms with Crippen LogP contribution in [0.1, 0.15) is 28.9 Å². The molecule has 1 unspecified atom stereocenters. The highest BCUT2D eigenvalue weighted by molar-refractivity contribution is 5.93. The lowest BCUT2D eigenvalue weighted by molar-refractivity contribution is 0.0706. The van der Waals surface area contributed by atoms with Gasteiger partial charge in [-0.15, -0.1) is 0 Å². The van der Waals surface area contributed by atoms with Crippen LogP contribution in [0.5, 0.6) is 5.75 Å². The molecule has 0 radical (unpaired) electrons. The van der Waals surface area contributed by atoms with E-state index in [1.54, 1.807) is 17.6 Å². The average molecular weight is 236 g/mol. The van der Waals surface area contributed by atoms with E-state index in [1.165, 1.54) is 0 Å². The summed E-state index contributed by atoms with van der Waals surface area (Å²) in [7, 11) is 2.04. The van der Waals surface area contributed by atoms with Crippen LogP contribution in [0.4, 0.5) is 0 Å². The molecule has 1 amide bonds. The number of hydroxylamine groups is 1. The molecule has 5 heteroatoms. The largest absolute Gasteiger partial charge is 0.492 e. The summed E-state index contributed by atoms with van der Waals surface area (Å²) in [5, 5.41) is 8.59. The molecule has 1 aromatic rings. The van der Waals surface area contributed by atoms with Gasteiger partial charge < -0.3 is 4.74 Å². The Balaban J connectivity index is 2.39. The zero-order valence-corrected chi connectivity index (χ0v) is 9.93. The van der Waals surface area contributed by atoms with Crippen molar-refractivity contribution in [2.24, 2.45) is 0 Å². The van der Waals surface area contributed by atoms with E-state index >= 15 is 0 Å². The maximum atomic E-state index is 11.3. The molecular weight excluding hydrogens is 220 g/mol. The lowest BCUT2D eigenvalue weighted by atomic mass is 10.0. The quantitative estimate of drug-likeness (QED) is 0.568. The summed E-state index contributed by atoms with van der Waals surface area (Å²) in [6.07, 6.45) is 0. The van der Waals surface area contributed by atoms with E-state index < -0.39 is 5.91 Å². The third-order valence-electron chi connectivity index (χ3n) is 3.19. The van der Waals surface area contributed by atoms with Crippen molar-refractivity contribution in [3.05, 3.63) is 29.3 Å². The van der Waals surface area contributed by atoms with Crippen LogP contribution < -0.4 is 10.2 Å². The van der Waals surface area contributed by atoms with Crippen molar-refractivity contribution in [2.75, 3.05) is 20.2 Å². The standard InChI is InChI=1S/C12H16N2O3/c1-8-10-4-3-9(12(15)13-16)7-11(10)17-6-5-14(8)2/h3-4,7-8,16H,5-6H2,1-2H3,(H,13,15). The third kappa shape index (κ3) is 2.25. The first-order valence-electron chi connectivity index (χ1n) is 5.55. The number of nitrogens with one attached hydrogen (secondary N) is 1. The summed E-state index contributed by atoms with van der Waals surface area (Å²) >= 11 is 0. The van der Waals surface area contributed by atoms with Crippen molar-refractivity contribution >= 4 is 5.91 Å². The van der Waals surface area contributed by atoms with Crippen LogP contribution in [0.25, 0.3) is 0 Å². The van der Waals surface area contributed by atoms with Crippen LogP contribution in [-0.4, -0.2) is 36.2 Å². The van der Waals surface area contributed by atoms with Gasteiger partial charge in [-0.1, -0.05) is 6.07 Å². The second-order valence-electron chi connectivity index (χ2n) is 4.20. The van der Waals surface area contributed by atoms with Crippen LogP contribution in [0.15, 0.2) is 18.2 Å². The molecule has 0 saturated heterocycles. The molecule has 0 aliphatic carbocycles. The number of carbonyl (C=O) groups is 1. The first-order valence-corrected chi connectivity index (χ1v) is 5.55. The molecule has 0 aromatic heterocycles.